The number of ketones is 2. The van der Waals surface area contributed by atoms with Crippen LogP contribution in [0.3, 0.4) is 0 Å². The second kappa shape index (κ2) is 7.61. The standard InChI is InChI=1S/C23H30O3/c1-7-11-16-15-23(14-10-4)20(25)18(22(16,5)13-9-3)19(24)17(12-8-2)21(23)26-6/h7-10,16,18H,1-4,11-15H2,5-6H3/t16?,18?,22?,23-/m0/s1. The minimum atomic E-state index is -0.818. The molecular weight excluding hydrogens is 324 g/mol. The monoisotopic (exact) mass is 354 g/mol. The third-order valence-corrected chi connectivity index (χ3v) is 6.27. The summed E-state index contributed by atoms with van der Waals surface area (Å²) in [5, 5.41) is 0. The van der Waals surface area contributed by atoms with Crippen molar-refractivity contribution >= 4 is 11.6 Å². The average Bonchev–Trinajstić information content (AvgIpc) is 2.59. The molecule has 0 heterocycles. The molecule has 4 atom stereocenters. The van der Waals surface area contributed by atoms with Crippen LogP contribution < -0.4 is 0 Å². The molecule has 3 unspecified atom stereocenters. The van der Waals surface area contributed by atoms with Crippen LogP contribution in [-0.2, 0) is 14.3 Å². The lowest BCUT2D eigenvalue weighted by molar-refractivity contribution is -0.157. The van der Waals surface area contributed by atoms with Gasteiger partial charge >= 0.3 is 0 Å². The third-order valence-electron chi connectivity index (χ3n) is 6.27. The van der Waals surface area contributed by atoms with Crippen LogP contribution in [0, 0.1) is 22.7 Å². The normalized spacial score (nSPS) is 33.6. The van der Waals surface area contributed by atoms with E-state index in [2.05, 4.69) is 26.3 Å². The summed E-state index contributed by atoms with van der Waals surface area (Å²) < 4.78 is 5.69. The number of carbonyl (C=O) groups is 2. The molecule has 1 fully saturated rings. The lowest BCUT2D eigenvalue weighted by Gasteiger charge is -2.55. The maximum absolute atomic E-state index is 13.6. The first kappa shape index (κ1) is 20.2. The van der Waals surface area contributed by atoms with Crippen LogP contribution >= 0.6 is 0 Å². The summed E-state index contributed by atoms with van der Waals surface area (Å²) in [4.78, 5) is 27.0. The highest BCUT2D eigenvalue weighted by atomic mass is 16.5. The van der Waals surface area contributed by atoms with Gasteiger partial charge in [-0.25, -0.2) is 0 Å². The number of rotatable bonds is 9. The fourth-order valence-electron chi connectivity index (χ4n) is 5.09. The van der Waals surface area contributed by atoms with Crippen LogP contribution in [0.15, 0.2) is 62.0 Å². The average molecular weight is 354 g/mol. The van der Waals surface area contributed by atoms with Gasteiger partial charge in [0.1, 0.15) is 5.76 Å². The van der Waals surface area contributed by atoms with Gasteiger partial charge in [-0.05, 0) is 43.4 Å². The predicted molar refractivity (Wildman–Crippen MR) is 105 cm³/mol. The van der Waals surface area contributed by atoms with Crippen LogP contribution in [0.5, 0.6) is 0 Å². The van der Waals surface area contributed by atoms with Gasteiger partial charge in [0.25, 0.3) is 0 Å². The highest BCUT2D eigenvalue weighted by molar-refractivity contribution is 6.17. The molecule has 3 heteroatoms. The molecule has 2 aliphatic rings. The number of methoxy groups -OCH3 is 1. The van der Waals surface area contributed by atoms with E-state index in [1.165, 1.54) is 0 Å². The quantitative estimate of drug-likeness (QED) is 0.433. The number of Topliss-reactive ketones (excluding diaryl/α,β-unsaturated/α-hetero) is 2. The number of carbonyl (C=O) groups excluding carboxylic acids is 2. The second-order valence-corrected chi connectivity index (χ2v) is 7.67. The topological polar surface area (TPSA) is 43.4 Å². The van der Waals surface area contributed by atoms with E-state index >= 15 is 0 Å². The summed E-state index contributed by atoms with van der Waals surface area (Å²) in [5.41, 5.74) is -0.705. The van der Waals surface area contributed by atoms with Crippen molar-refractivity contribution in [3.63, 3.8) is 0 Å². The number of allylic oxidation sites excluding steroid dienone is 6. The highest BCUT2D eigenvalue weighted by Crippen LogP contribution is 2.61. The Morgan fingerprint density at radius 2 is 1.73 bits per heavy atom. The molecule has 0 radical (unpaired) electrons. The molecule has 0 saturated heterocycles. The molecule has 2 rings (SSSR count). The van der Waals surface area contributed by atoms with Crippen molar-refractivity contribution in [3.05, 3.63) is 62.0 Å². The molecule has 0 aromatic carbocycles. The lowest BCUT2D eigenvalue weighted by Crippen LogP contribution is -2.60. The van der Waals surface area contributed by atoms with Crippen molar-refractivity contribution in [3.8, 4) is 0 Å². The van der Waals surface area contributed by atoms with Gasteiger partial charge < -0.3 is 4.74 Å². The molecule has 1 saturated carbocycles. The van der Waals surface area contributed by atoms with Crippen LogP contribution in [0.4, 0.5) is 0 Å². The van der Waals surface area contributed by atoms with Gasteiger partial charge in [-0.15, -0.1) is 26.3 Å². The molecule has 0 aliphatic heterocycles. The molecule has 2 aliphatic carbocycles. The molecule has 2 bridgehead atoms. The fourth-order valence-corrected chi connectivity index (χ4v) is 5.09. The van der Waals surface area contributed by atoms with E-state index in [1.807, 2.05) is 19.1 Å². The van der Waals surface area contributed by atoms with Crippen LogP contribution in [0.1, 0.15) is 39.0 Å². The van der Waals surface area contributed by atoms with E-state index in [-0.39, 0.29) is 17.5 Å². The van der Waals surface area contributed by atoms with E-state index in [9.17, 15) is 9.59 Å². The lowest BCUT2D eigenvalue weighted by atomic mass is 9.46. The first-order chi connectivity index (χ1) is 12.4. The number of fused-ring (bicyclic) bond motifs is 2. The Morgan fingerprint density at radius 1 is 1.08 bits per heavy atom. The molecule has 3 nitrogen and oxygen atoms in total. The highest BCUT2D eigenvalue weighted by Gasteiger charge is 2.64. The second-order valence-electron chi connectivity index (χ2n) is 7.67. The molecule has 0 spiro atoms. The molecule has 0 N–H and O–H groups in total. The smallest absolute Gasteiger partial charge is 0.173 e. The van der Waals surface area contributed by atoms with E-state index in [1.54, 1.807) is 19.3 Å². The van der Waals surface area contributed by atoms with Crippen LogP contribution in [0.2, 0.25) is 0 Å². The summed E-state index contributed by atoms with van der Waals surface area (Å²) in [6.07, 6.45) is 10.0. The number of ether oxygens (including phenoxy) is 1. The van der Waals surface area contributed by atoms with Gasteiger partial charge in [0.15, 0.2) is 11.6 Å². The first-order valence-corrected chi connectivity index (χ1v) is 9.17. The zero-order valence-corrected chi connectivity index (χ0v) is 16.1. The Morgan fingerprint density at radius 3 is 2.23 bits per heavy atom. The minimum Gasteiger partial charge on any atom is -0.500 e. The minimum absolute atomic E-state index is 0.0308. The summed E-state index contributed by atoms with van der Waals surface area (Å²) in [6.45, 7) is 17.5. The summed E-state index contributed by atoms with van der Waals surface area (Å²) in [6, 6.07) is 0. The molecule has 26 heavy (non-hydrogen) atoms. The van der Waals surface area contributed by atoms with Gasteiger partial charge in [0.2, 0.25) is 0 Å². The molecular formula is C23H30O3. The van der Waals surface area contributed by atoms with Crippen LogP contribution in [-0.4, -0.2) is 18.7 Å². The SMILES string of the molecule is C=CCC1=C(OC)[C@@]2(CC=C)CC(CC=C)C(C)(CC=C)C(C1=O)C2=O. The molecule has 140 valence electrons. The zero-order valence-electron chi connectivity index (χ0n) is 16.1. The van der Waals surface area contributed by atoms with E-state index in [0.29, 0.717) is 37.0 Å². The van der Waals surface area contributed by atoms with E-state index < -0.39 is 16.7 Å². The van der Waals surface area contributed by atoms with Crippen molar-refractivity contribution in [1.29, 1.82) is 0 Å². The number of hydrogen-bond donors (Lipinski definition) is 0. The third kappa shape index (κ3) is 2.74. The van der Waals surface area contributed by atoms with Gasteiger partial charge in [-0.3, -0.25) is 9.59 Å². The Labute approximate surface area is 157 Å². The Balaban J connectivity index is 2.80. The molecule has 0 aromatic heterocycles. The van der Waals surface area contributed by atoms with Crippen molar-refractivity contribution in [1.82, 2.24) is 0 Å². The maximum Gasteiger partial charge on any atom is 0.173 e. The van der Waals surface area contributed by atoms with Crippen molar-refractivity contribution in [2.24, 2.45) is 22.7 Å². The van der Waals surface area contributed by atoms with Crippen molar-refractivity contribution < 1.29 is 14.3 Å². The van der Waals surface area contributed by atoms with E-state index in [0.717, 1.165) is 6.42 Å². The van der Waals surface area contributed by atoms with Crippen molar-refractivity contribution in [2.45, 2.75) is 39.0 Å². The Kier molecular flexibility index (Phi) is 5.90. The first-order valence-electron chi connectivity index (χ1n) is 9.17. The molecule has 0 amide bonds. The fraction of sp³-hybridized carbons (Fsp3) is 0.478. The molecule has 0 aromatic rings. The van der Waals surface area contributed by atoms with Gasteiger partial charge in [0.05, 0.1) is 18.4 Å². The van der Waals surface area contributed by atoms with Gasteiger partial charge in [-0.1, -0.05) is 31.2 Å². The van der Waals surface area contributed by atoms with Gasteiger partial charge in [-0.2, -0.15) is 0 Å². The largest absolute Gasteiger partial charge is 0.500 e. The summed E-state index contributed by atoms with van der Waals surface area (Å²) in [7, 11) is 1.55. The van der Waals surface area contributed by atoms with Crippen molar-refractivity contribution in [2.75, 3.05) is 7.11 Å². The van der Waals surface area contributed by atoms with Crippen LogP contribution in [0.25, 0.3) is 0 Å². The number of hydrogen-bond acceptors (Lipinski definition) is 3. The Bertz CT molecular complexity index is 684. The van der Waals surface area contributed by atoms with Gasteiger partial charge in [0, 0.05) is 5.57 Å². The summed E-state index contributed by atoms with van der Waals surface area (Å²) in [5.74, 6) is -0.187. The summed E-state index contributed by atoms with van der Waals surface area (Å²) >= 11 is 0. The Hall–Kier alpha value is -2.16. The zero-order chi connectivity index (χ0) is 19.5. The van der Waals surface area contributed by atoms with E-state index in [4.69, 9.17) is 4.74 Å². The maximum atomic E-state index is 13.6. The predicted octanol–water partition coefficient (Wildman–Crippen LogP) is 4.97.